The lowest BCUT2D eigenvalue weighted by atomic mass is 9.89. The van der Waals surface area contributed by atoms with E-state index in [-0.39, 0.29) is 29.1 Å². The minimum absolute atomic E-state index is 0.0312. The Morgan fingerprint density at radius 2 is 1.49 bits per heavy atom. The lowest BCUT2D eigenvalue weighted by Crippen LogP contribution is -2.43. The summed E-state index contributed by atoms with van der Waals surface area (Å²) < 4.78 is 18.7. The highest BCUT2D eigenvalue weighted by molar-refractivity contribution is 6.27. The van der Waals surface area contributed by atoms with Gasteiger partial charge in [-0.1, -0.05) is 12.1 Å². The molecule has 1 aliphatic heterocycles. The molecule has 12 nitrogen and oxygen atoms in total. The number of nitrogens with zero attached hydrogens (tertiary/aromatic N) is 3. The molecule has 13 heteroatoms. The summed E-state index contributed by atoms with van der Waals surface area (Å²) in [6.07, 6.45) is 1.36. The molecule has 1 fully saturated rings. The fraction of sp³-hybridized carbons (Fsp3) is 0.267. The van der Waals surface area contributed by atoms with E-state index in [0.29, 0.717) is 61.6 Å². The number of para-hydroxylation sites is 2. The van der Waals surface area contributed by atoms with Gasteiger partial charge in [0.25, 0.3) is 11.6 Å². The molecule has 0 aliphatic carbocycles. The first-order valence-corrected chi connectivity index (χ1v) is 13.2. The van der Waals surface area contributed by atoms with Gasteiger partial charge in [-0.15, -0.1) is 0 Å². The Labute approximate surface area is 246 Å². The highest BCUT2D eigenvalue weighted by Crippen LogP contribution is 2.30. The zero-order chi connectivity index (χ0) is 31.5. The Bertz CT molecular complexity index is 1440. The van der Waals surface area contributed by atoms with Gasteiger partial charge < -0.3 is 24.7 Å². The number of carbonyl (C=O) groups excluding carboxylic acids is 2. The maximum absolute atomic E-state index is 13.5. The highest BCUT2D eigenvalue weighted by atomic mass is 19.1. The SMILES string of the molecule is COc1ccccc1N(CCN1CCC(C(=O)c2ccc(F)cc2)CC1)C(=O)c1ccc([N+](=O)[O-])cc1.O=C(O)C(=O)O. The number of rotatable bonds is 9. The van der Waals surface area contributed by atoms with Crippen LogP contribution in [0.3, 0.4) is 0 Å². The predicted octanol–water partition coefficient (Wildman–Crippen LogP) is 4.14. The molecule has 1 heterocycles. The van der Waals surface area contributed by atoms with E-state index in [1.54, 1.807) is 17.0 Å². The second kappa shape index (κ2) is 15.2. The lowest BCUT2D eigenvalue weighted by molar-refractivity contribution is -0.384. The van der Waals surface area contributed by atoms with Crippen molar-refractivity contribution in [2.75, 3.05) is 38.2 Å². The van der Waals surface area contributed by atoms with Crippen LogP contribution in [-0.2, 0) is 9.59 Å². The molecule has 3 aromatic rings. The van der Waals surface area contributed by atoms with Crippen LogP contribution >= 0.6 is 0 Å². The van der Waals surface area contributed by atoms with Crippen LogP contribution < -0.4 is 9.64 Å². The molecule has 226 valence electrons. The topological polar surface area (TPSA) is 168 Å². The summed E-state index contributed by atoms with van der Waals surface area (Å²) in [4.78, 5) is 58.8. The van der Waals surface area contributed by atoms with E-state index < -0.39 is 16.9 Å². The largest absolute Gasteiger partial charge is 0.495 e. The standard InChI is InChI=1S/C28H28FN3O5.C2H2O4/c1-37-26-5-3-2-4-25(26)31(28(34)22-8-12-24(13-9-22)32(35)36)19-18-30-16-14-21(15-17-30)27(33)20-6-10-23(29)11-7-20;3-1(4)2(5)6/h2-13,21H,14-19H2,1H3;(H,3,4)(H,5,6). The van der Waals surface area contributed by atoms with Crippen LogP contribution in [0.15, 0.2) is 72.8 Å². The van der Waals surface area contributed by atoms with Gasteiger partial charge in [-0.25, -0.2) is 14.0 Å². The molecule has 1 aliphatic rings. The Morgan fingerprint density at radius 1 is 0.930 bits per heavy atom. The third-order valence-electron chi connectivity index (χ3n) is 6.86. The number of halogens is 1. The summed E-state index contributed by atoms with van der Waals surface area (Å²) in [6, 6.07) is 18.4. The number of nitro groups is 1. The van der Waals surface area contributed by atoms with Crippen LogP contribution in [0.25, 0.3) is 0 Å². The van der Waals surface area contributed by atoms with Gasteiger partial charge in [0.05, 0.1) is 17.7 Å². The van der Waals surface area contributed by atoms with E-state index in [0.717, 1.165) is 0 Å². The first kappa shape index (κ1) is 32.3. The molecule has 0 unspecified atom stereocenters. The number of nitro benzene ring substituents is 1. The first-order chi connectivity index (χ1) is 20.5. The summed E-state index contributed by atoms with van der Waals surface area (Å²) in [5, 5.41) is 25.8. The minimum atomic E-state index is -1.82. The van der Waals surface area contributed by atoms with Crippen LogP contribution in [0.2, 0.25) is 0 Å². The van der Waals surface area contributed by atoms with Crippen LogP contribution in [0, 0.1) is 21.8 Å². The quantitative estimate of drug-likeness (QED) is 0.159. The number of likely N-dealkylation sites (tertiary alicyclic amines) is 1. The van der Waals surface area contributed by atoms with Crippen molar-refractivity contribution < 1.29 is 43.4 Å². The number of ketones is 1. The van der Waals surface area contributed by atoms with Crippen molar-refractivity contribution in [1.82, 2.24) is 4.90 Å². The molecule has 4 rings (SSSR count). The highest BCUT2D eigenvalue weighted by Gasteiger charge is 2.27. The number of carboxylic acids is 2. The number of aliphatic carboxylic acids is 2. The summed E-state index contributed by atoms with van der Waals surface area (Å²) in [5.41, 5.74) is 1.38. The molecule has 0 radical (unpaired) electrons. The number of methoxy groups -OCH3 is 1. The van der Waals surface area contributed by atoms with Gasteiger partial charge in [0.15, 0.2) is 5.78 Å². The van der Waals surface area contributed by atoms with Gasteiger partial charge in [-0.3, -0.25) is 19.7 Å². The fourth-order valence-electron chi connectivity index (χ4n) is 4.58. The third-order valence-corrected chi connectivity index (χ3v) is 6.86. The van der Waals surface area contributed by atoms with E-state index in [2.05, 4.69) is 4.90 Å². The van der Waals surface area contributed by atoms with Crippen molar-refractivity contribution in [1.29, 1.82) is 0 Å². The summed E-state index contributed by atoms with van der Waals surface area (Å²) in [5.74, 6) is -3.85. The van der Waals surface area contributed by atoms with E-state index in [4.69, 9.17) is 24.5 Å². The molecule has 2 N–H and O–H groups in total. The second-order valence-electron chi connectivity index (χ2n) is 9.53. The van der Waals surface area contributed by atoms with Gasteiger partial charge in [0, 0.05) is 42.3 Å². The van der Waals surface area contributed by atoms with Crippen LogP contribution in [-0.4, -0.2) is 77.0 Å². The van der Waals surface area contributed by atoms with Crippen molar-refractivity contribution in [3.05, 3.63) is 99.9 Å². The zero-order valence-electron chi connectivity index (χ0n) is 23.2. The number of carbonyl (C=O) groups is 4. The normalized spacial score (nSPS) is 13.3. The molecule has 0 bridgehead atoms. The average molecular weight is 596 g/mol. The molecule has 1 saturated heterocycles. The number of non-ortho nitro benzene ring substituents is 1. The van der Waals surface area contributed by atoms with Crippen LogP contribution in [0.4, 0.5) is 15.8 Å². The van der Waals surface area contributed by atoms with Gasteiger partial charge in [-0.2, -0.15) is 0 Å². The minimum Gasteiger partial charge on any atom is -0.495 e. The number of hydrogen-bond acceptors (Lipinski definition) is 8. The number of Topliss-reactive ketones (excluding diaryl/α,β-unsaturated/α-hetero) is 1. The second-order valence-corrected chi connectivity index (χ2v) is 9.53. The molecule has 3 aromatic carbocycles. The number of carboxylic acid groups (broad SMARTS) is 2. The van der Waals surface area contributed by atoms with Gasteiger partial charge >= 0.3 is 11.9 Å². The lowest BCUT2D eigenvalue weighted by Gasteiger charge is -2.33. The fourth-order valence-corrected chi connectivity index (χ4v) is 4.58. The number of amides is 1. The number of hydrogen-bond donors (Lipinski definition) is 2. The predicted molar refractivity (Wildman–Crippen MR) is 153 cm³/mol. The van der Waals surface area contributed by atoms with Gasteiger partial charge in [0.2, 0.25) is 0 Å². The van der Waals surface area contributed by atoms with E-state index in [1.165, 1.54) is 55.6 Å². The molecule has 0 aromatic heterocycles. The maximum atomic E-state index is 13.5. The number of benzene rings is 3. The first-order valence-electron chi connectivity index (χ1n) is 13.2. The monoisotopic (exact) mass is 595 g/mol. The van der Waals surface area contributed by atoms with E-state index >= 15 is 0 Å². The smallest absolute Gasteiger partial charge is 0.414 e. The van der Waals surface area contributed by atoms with Crippen LogP contribution in [0.5, 0.6) is 5.75 Å². The maximum Gasteiger partial charge on any atom is 0.414 e. The van der Waals surface area contributed by atoms with Crippen molar-refractivity contribution >= 4 is 35.0 Å². The molecule has 43 heavy (non-hydrogen) atoms. The molecular formula is C30H30FN3O9. The summed E-state index contributed by atoms with van der Waals surface area (Å²) in [6.45, 7) is 2.34. The number of ether oxygens (including phenoxy) is 1. The summed E-state index contributed by atoms with van der Waals surface area (Å²) >= 11 is 0. The molecular weight excluding hydrogens is 565 g/mol. The third kappa shape index (κ3) is 8.91. The van der Waals surface area contributed by atoms with Crippen molar-refractivity contribution in [3.63, 3.8) is 0 Å². The zero-order valence-corrected chi connectivity index (χ0v) is 23.2. The van der Waals surface area contributed by atoms with Crippen molar-refractivity contribution in [3.8, 4) is 5.75 Å². The van der Waals surface area contributed by atoms with E-state index in [9.17, 15) is 24.1 Å². The van der Waals surface area contributed by atoms with Crippen LogP contribution in [0.1, 0.15) is 33.6 Å². The van der Waals surface area contributed by atoms with E-state index in [1.807, 2.05) is 12.1 Å². The Balaban J connectivity index is 0.000000765. The summed E-state index contributed by atoms with van der Waals surface area (Å²) in [7, 11) is 1.54. The van der Waals surface area contributed by atoms with Crippen molar-refractivity contribution in [2.45, 2.75) is 12.8 Å². The molecule has 0 atom stereocenters. The molecule has 1 amide bonds. The number of piperidine rings is 1. The molecule has 0 spiro atoms. The Kier molecular flexibility index (Phi) is 11.4. The van der Waals surface area contributed by atoms with Gasteiger partial charge in [-0.05, 0) is 74.5 Å². The Morgan fingerprint density at radius 3 is 2.02 bits per heavy atom. The average Bonchev–Trinajstić information content (AvgIpc) is 3.02. The number of anilines is 1. The van der Waals surface area contributed by atoms with Crippen molar-refractivity contribution in [2.24, 2.45) is 5.92 Å². The molecule has 0 saturated carbocycles. The van der Waals surface area contributed by atoms with Gasteiger partial charge in [0.1, 0.15) is 11.6 Å². The Hall–Kier alpha value is -5.17.